The molecular formula is C14H14FNO. The molecule has 2 rings (SSSR count). The molecule has 0 aliphatic carbocycles. The topological polar surface area (TPSA) is 35.2 Å². The van der Waals surface area contributed by atoms with Crippen molar-refractivity contribution in [1.82, 2.24) is 0 Å². The number of rotatable bonds is 2. The van der Waals surface area contributed by atoms with Gasteiger partial charge in [0.2, 0.25) is 0 Å². The van der Waals surface area contributed by atoms with Crippen molar-refractivity contribution in [2.75, 3.05) is 12.8 Å². The fourth-order valence-corrected chi connectivity index (χ4v) is 1.81. The minimum absolute atomic E-state index is 0.271. The fraction of sp³-hybridized carbons (Fsp3) is 0.143. The molecule has 0 heterocycles. The zero-order valence-electron chi connectivity index (χ0n) is 9.83. The van der Waals surface area contributed by atoms with Gasteiger partial charge in [-0.2, -0.15) is 0 Å². The number of methoxy groups -OCH3 is 1. The van der Waals surface area contributed by atoms with Gasteiger partial charge in [0.1, 0.15) is 11.6 Å². The second-order valence-electron chi connectivity index (χ2n) is 3.92. The summed E-state index contributed by atoms with van der Waals surface area (Å²) < 4.78 is 18.9. The maximum atomic E-state index is 13.7. The van der Waals surface area contributed by atoms with Crippen LogP contribution in [0.3, 0.4) is 0 Å². The predicted octanol–water partition coefficient (Wildman–Crippen LogP) is 3.39. The number of nitrogens with two attached hydrogens (primary N) is 1. The summed E-state index contributed by atoms with van der Waals surface area (Å²) in [7, 11) is 1.61. The van der Waals surface area contributed by atoms with E-state index in [4.69, 9.17) is 10.5 Å². The molecule has 0 aliphatic heterocycles. The summed E-state index contributed by atoms with van der Waals surface area (Å²) in [5.41, 5.74) is 8.53. The Bertz CT molecular complexity index is 552. The highest BCUT2D eigenvalue weighted by molar-refractivity contribution is 5.71. The normalized spacial score (nSPS) is 10.3. The van der Waals surface area contributed by atoms with Crippen molar-refractivity contribution in [3.05, 3.63) is 47.8 Å². The van der Waals surface area contributed by atoms with Crippen molar-refractivity contribution in [2.24, 2.45) is 0 Å². The lowest BCUT2D eigenvalue weighted by Crippen LogP contribution is -1.92. The lowest BCUT2D eigenvalue weighted by molar-refractivity contribution is 0.414. The molecule has 0 spiro atoms. The molecule has 0 unspecified atom stereocenters. The van der Waals surface area contributed by atoms with Gasteiger partial charge in [0.15, 0.2) is 0 Å². The van der Waals surface area contributed by atoms with Gasteiger partial charge < -0.3 is 10.5 Å². The van der Waals surface area contributed by atoms with E-state index in [1.807, 2.05) is 25.1 Å². The van der Waals surface area contributed by atoms with Crippen LogP contribution in [0.2, 0.25) is 0 Å². The van der Waals surface area contributed by atoms with Gasteiger partial charge >= 0.3 is 0 Å². The van der Waals surface area contributed by atoms with E-state index in [2.05, 4.69) is 0 Å². The summed E-state index contributed by atoms with van der Waals surface area (Å²) >= 11 is 0. The minimum atomic E-state index is -0.271. The van der Waals surface area contributed by atoms with E-state index < -0.39 is 0 Å². The van der Waals surface area contributed by atoms with Gasteiger partial charge in [-0.3, -0.25) is 0 Å². The number of anilines is 1. The number of nitrogen functional groups attached to an aromatic ring is 1. The van der Waals surface area contributed by atoms with E-state index in [1.54, 1.807) is 19.2 Å². The average Bonchev–Trinajstić information content (AvgIpc) is 2.32. The van der Waals surface area contributed by atoms with Crippen LogP contribution in [0.25, 0.3) is 11.1 Å². The summed E-state index contributed by atoms with van der Waals surface area (Å²) in [6.45, 7) is 1.92. The molecule has 2 nitrogen and oxygen atoms in total. The molecular weight excluding hydrogens is 217 g/mol. The summed E-state index contributed by atoms with van der Waals surface area (Å²) in [4.78, 5) is 0. The number of hydrogen-bond donors (Lipinski definition) is 1. The number of benzene rings is 2. The van der Waals surface area contributed by atoms with Crippen molar-refractivity contribution in [2.45, 2.75) is 6.92 Å². The fourth-order valence-electron chi connectivity index (χ4n) is 1.81. The molecule has 2 aromatic rings. The van der Waals surface area contributed by atoms with Crippen LogP contribution >= 0.6 is 0 Å². The van der Waals surface area contributed by atoms with Gasteiger partial charge in [0.05, 0.1) is 7.11 Å². The monoisotopic (exact) mass is 231 g/mol. The molecule has 3 heteroatoms. The Morgan fingerprint density at radius 1 is 1.06 bits per heavy atom. The van der Waals surface area contributed by atoms with E-state index >= 15 is 0 Å². The van der Waals surface area contributed by atoms with E-state index in [1.165, 1.54) is 6.07 Å². The van der Waals surface area contributed by atoms with Crippen LogP contribution in [0.15, 0.2) is 36.4 Å². The lowest BCUT2D eigenvalue weighted by atomic mass is 9.99. The van der Waals surface area contributed by atoms with Gasteiger partial charge in [-0.15, -0.1) is 0 Å². The zero-order chi connectivity index (χ0) is 12.4. The van der Waals surface area contributed by atoms with Crippen LogP contribution < -0.4 is 10.5 Å². The first-order valence-corrected chi connectivity index (χ1v) is 5.32. The third-order valence-electron chi connectivity index (χ3n) is 2.71. The Morgan fingerprint density at radius 2 is 1.82 bits per heavy atom. The summed E-state index contributed by atoms with van der Waals surface area (Å²) in [5.74, 6) is 0.489. The highest BCUT2D eigenvalue weighted by Crippen LogP contribution is 2.30. The van der Waals surface area contributed by atoms with Crippen LogP contribution in [-0.2, 0) is 0 Å². The van der Waals surface area contributed by atoms with Crippen LogP contribution in [0.4, 0.5) is 10.1 Å². The standard InChI is InChI=1S/C14H14FNO/c1-9-7-11(17-2)4-5-12(9)13-8-10(16)3-6-14(13)15/h3-8H,16H2,1-2H3. The Hall–Kier alpha value is -2.03. The first kappa shape index (κ1) is 11.5. The maximum Gasteiger partial charge on any atom is 0.131 e. The Morgan fingerprint density at radius 3 is 2.47 bits per heavy atom. The van der Waals surface area contributed by atoms with Crippen molar-refractivity contribution in [1.29, 1.82) is 0 Å². The largest absolute Gasteiger partial charge is 0.497 e. The summed E-state index contributed by atoms with van der Waals surface area (Å²) in [5, 5.41) is 0. The minimum Gasteiger partial charge on any atom is -0.497 e. The molecule has 2 aromatic carbocycles. The molecule has 0 fully saturated rings. The van der Waals surface area contributed by atoms with Crippen molar-refractivity contribution < 1.29 is 9.13 Å². The van der Waals surface area contributed by atoms with Gasteiger partial charge in [-0.25, -0.2) is 4.39 Å². The van der Waals surface area contributed by atoms with Crippen LogP contribution in [0.1, 0.15) is 5.56 Å². The maximum absolute atomic E-state index is 13.7. The highest BCUT2D eigenvalue weighted by atomic mass is 19.1. The molecule has 0 bridgehead atoms. The first-order valence-electron chi connectivity index (χ1n) is 5.32. The van der Waals surface area contributed by atoms with Crippen LogP contribution in [0, 0.1) is 12.7 Å². The molecule has 0 aromatic heterocycles. The van der Waals surface area contributed by atoms with Crippen molar-refractivity contribution in [3.8, 4) is 16.9 Å². The average molecular weight is 231 g/mol. The van der Waals surface area contributed by atoms with E-state index in [0.717, 1.165) is 16.9 Å². The van der Waals surface area contributed by atoms with Gasteiger partial charge in [-0.05, 0) is 48.4 Å². The van der Waals surface area contributed by atoms with Crippen LogP contribution in [0.5, 0.6) is 5.75 Å². The van der Waals surface area contributed by atoms with E-state index in [-0.39, 0.29) is 5.82 Å². The highest BCUT2D eigenvalue weighted by Gasteiger charge is 2.08. The molecule has 0 amide bonds. The van der Waals surface area contributed by atoms with Crippen molar-refractivity contribution in [3.63, 3.8) is 0 Å². The van der Waals surface area contributed by atoms with Crippen molar-refractivity contribution >= 4 is 5.69 Å². The van der Waals surface area contributed by atoms with Gasteiger partial charge in [0.25, 0.3) is 0 Å². The zero-order valence-corrected chi connectivity index (χ0v) is 9.83. The first-order chi connectivity index (χ1) is 8.11. The number of halogens is 1. The SMILES string of the molecule is COc1ccc(-c2cc(N)ccc2F)c(C)c1. The number of ether oxygens (including phenoxy) is 1. The second kappa shape index (κ2) is 4.45. The predicted molar refractivity (Wildman–Crippen MR) is 67.5 cm³/mol. The quantitative estimate of drug-likeness (QED) is 0.804. The molecule has 0 aliphatic rings. The Kier molecular flexibility index (Phi) is 3.00. The van der Waals surface area contributed by atoms with Gasteiger partial charge in [-0.1, -0.05) is 6.07 Å². The second-order valence-corrected chi connectivity index (χ2v) is 3.92. The third kappa shape index (κ3) is 2.23. The Labute approximate surface area is 99.8 Å². The lowest BCUT2D eigenvalue weighted by Gasteiger charge is -2.10. The van der Waals surface area contributed by atoms with Gasteiger partial charge in [0, 0.05) is 11.3 Å². The molecule has 0 saturated carbocycles. The molecule has 0 radical (unpaired) electrons. The smallest absolute Gasteiger partial charge is 0.131 e. The van der Waals surface area contributed by atoms with E-state index in [0.29, 0.717) is 11.3 Å². The molecule has 2 N–H and O–H groups in total. The molecule has 0 saturated heterocycles. The summed E-state index contributed by atoms with van der Waals surface area (Å²) in [6.07, 6.45) is 0. The third-order valence-corrected chi connectivity index (χ3v) is 2.71. The van der Waals surface area contributed by atoms with Crippen LogP contribution in [-0.4, -0.2) is 7.11 Å². The number of aryl methyl sites for hydroxylation is 1. The molecule has 0 atom stereocenters. The Balaban J connectivity index is 2.56. The van der Waals surface area contributed by atoms with E-state index in [9.17, 15) is 4.39 Å². The number of hydrogen-bond acceptors (Lipinski definition) is 2. The summed E-state index contributed by atoms with van der Waals surface area (Å²) in [6, 6.07) is 10.1. The molecule has 17 heavy (non-hydrogen) atoms. The molecule has 88 valence electrons.